The van der Waals surface area contributed by atoms with Gasteiger partial charge in [0, 0.05) is 23.5 Å². The van der Waals surface area contributed by atoms with Crippen LogP contribution in [0.25, 0.3) is 0 Å². The molecule has 0 radical (unpaired) electrons. The highest BCUT2D eigenvalue weighted by atomic mass is 35.5. The molecule has 0 bridgehead atoms. The van der Waals surface area contributed by atoms with Gasteiger partial charge in [-0.3, -0.25) is 4.98 Å². The Morgan fingerprint density at radius 2 is 1.86 bits per heavy atom. The lowest BCUT2D eigenvalue weighted by Crippen LogP contribution is -1.78. The van der Waals surface area contributed by atoms with Crippen LogP contribution in [0.5, 0.6) is 0 Å². The maximum Gasteiger partial charge on any atom is 0.101 e. The molecule has 2 aromatic rings. The van der Waals surface area contributed by atoms with Crippen molar-refractivity contribution in [1.82, 2.24) is 9.97 Å². The molecule has 2 nitrogen and oxygen atoms in total. The van der Waals surface area contributed by atoms with E-state index in [1.807, 2.05) is 24.3 Å². The first kappa shape index (κ1) is 9.49. The summed E-state index contributed by atoms with van der Waals surface area (Å²) in [6.45, 7) is 0. The second-order valence-corrected chi connectivity index (χ2v) is 4.13. The molecule has 0 aliphatic heterocycles. The smallest absolute Gasteiger partial charge is 0.101 e. The molecule has 70 valence electrons. The van der Waals surface area contributed by atoms with Gasteiger partial charge in [-0.25, -0.2) is 4.98 Å². The fourth-order valence-corrected chi connectivity index (χ4v) is 1.80. The van der Waals surface area contributed by atoms with Gasteiger partial charge in [0.05, 0.1) is 5.02 Å². The van der Waals surface area contributed by atoms with Gasteiger partial charge in [0.15, 0.2) is 0 Å². The Bertz CT molecular complexity index is 402. The van der Waals surface area contributed by atoms with E-state index in [0.29, 0.717) is 5.02 Å². The standard InChI is InChI=1S/C10H7ClN2S/c11-8-1-2-10(13-7-8)14-9-3-5-12-6-4-9/h1-7H. The molecule has 2 rings (SSSR count). The summed E-state index contributed by atoms with van der Waals surface area (Å²) in [7, 11) is 0. The van der Waals surface area contributed by atoms with E-state index < -0.39 is 0 Å². The fraction of sp³-hybridized carbons (Fsp3) is 0. The summed E-state index contributed by atoms with van der Waals surface area (Å²) in [5.74, 6) is 0. The molecule has 4 heteroatoms. The van der Waals surface area contributed by atoms with Crippen molar-refractivity contribution in [3.63, 3.8) is 0 Å². The molecule has 2 aromatic heterocycles. The lowest BCUT2D eigenvalue weighted by atomic mass is 10.5. The third-order valence-corrected chi connectivity index (χ3v) is 2.75. The minimum absolute atomic E-state index is 0.657. The Labute approximate surface area is 91.4 Å². The highest BCUT2D eigenvalue weighted by Crippen LogP contribution is 2.25. The van der Waals surface area contributed by atoms with E-state index >= 15 is 0 Å². The highest BCUT2D eigenvalue weighted by molar-refractivity contribution is 7.99. The zero-order valence-electron chi connectivity index (χ0n) is 7.22. The van der Waals surface area contributed by atoms with E-state index in [1.165, 1.54) is 0 Å². The number of hydrogen-bond donors (Lipinski definition) is 0. The average Bonchev–Trinajstić information content (AvgIpc) is 2.23. The summed E-state index contributed by atoms with van der Waals surface area (Å²) in [6, 6.07) is 7.62. The van der Waals surface area contributed by atoms with Crippen LogP contribution in [0.2, 0.25) is 5.02 Å². The van der Waals surface area contributed by atoms with Gasteiger partial charge in [-0.15, -0.1) is 0 Å². The summed E-state index contributed by atoms with van der Waals surface area (Å²) < 4.78 is 0. The van der Waals surface area contributed by atoms with Crippen molar-refractivity contribution >= 4 is 23.4 Å². The molecule has 0 amide bonds. The third kappa shape index (κ3) is 2.47. The van der Waals surface area contributed by atoms with Crippen LogP contribution in [0.4, 0.5) is 0 Å². The molecule has 0 aromatic carbocycles. The SMILES string of the molecule is Clc1ccc(Sc2ccncc2)nc1. The van der Waals surface area contributed by atoms with Crippen molar-refractivity contribution in [1.29, 1.82) is 0 Å². The minimum Gasteiger partial charge on any atom is -0.265 e. The fourth-order valence-electron chi connectivity index (χ4n) is 0.950. The highest BCUT2D eigenvalue weighted by Gasteiger charge is 1.97. The number of nitrogens with zero attached hydrogens (tertiary/aromatic N) is 2. The molecule has 2 heterocycles. The topological polar surface area (TPSA) is 25.8 Å². The summed E-state index contributed by atoms with van der Waals surface area (Å²) in [4.78, 5) is 9.25. The number of hydrogen-bond acceptors (Lipinski definition) is 3. The second kappa shape index (κ2) is 4.44. The van der Waals surface area contributed by atoms with E-state index in [2.05, 4.69) is 9.97 Å². The lowest BCUT2D eigenvalue weighted by molar-refractivity contribution is 1.13. The summed E-state index contributed by atoms with van der Waals surface area (Å²) in [5, 5.41) is 1.59. The zero-order chi connectivity index (χ0) is 9.80. The molecule has 0 aliphatic rings. The largest absolute Gasteiger partial charge is 0.265 e. The monoisotopic (exact) mass is 222 g/mol. The van der Waals surface area contributed by atoms with Crippen molar-refractivity contribution in [3.8, 4) is 0 Å². The number of pyridine rings is 2. The molecule has 0 fully saturated rings. The Hall–Kier alpha value is -1.06. The van der Waals surface area contributed by atoms with E-state index in [-0.39, 0.29) is 0 Å². The van der Waals surface area contributed by atoms with Crippen LogP contribution < -0.4 is 0 Å². The molecule has 0 saturated heterocycles. The van der Waals surface area contributed by atoms with Crippen LogP contribution in [-0.2, 0) is 0 Å². The van der Waals surface area contributed by atoms with E-state index in [0.717, 1.165) is 9.92 Å². The zero-order valence-corrected chi connectivity index (χ0v) is 8.79. The Kier molecular flexibility index (Phi) is 3.01. The number of halogens is 1. The van der Waals surface area contributed by atoms with Crippen LogP contribution in [0.3, 0.4) is 0 Å². The predicted molar refractivity (Wildman–Crippen MR) is 57.6 cm³/mol. The van der Waals surface area contributed by atoms with Gasteiger partial charge in [-0.05, 0) is 24.3 Å². The van der Waals surface area contributed by atoms with Gasteiger partial charge in [0.2, 0.25) is 0 Å². The van der Waals surface area contributed by atoms with Crippen molar-refractivity contribution in [2.75, 3.05) is 0 Å². The molecule has 0 saturated carbocycles. The molecule has 0 spiro atoms. The van der Waals surface area contributed by atoms with Crippen LogP contribution in [-0.4, -0.2) is 9.97 Å². The second-order valence-electron chi connectivity index (χ2n) is 2.60. The lowest BCUT2D eigenvalue weighted by Gasteiger charge is -1.99. The first-order valence-corrected chi connectivity index (χ1v) is 5.23. The number of rotatable bonds is 2. The summed E-state index contributed by atoms with van der Waals surface area (Å²) >= 11 is 7.32. The molecule has 0 unspecified atom stereocenters. The Morgan fingerprint density at radius 1 is 1.07 bits per heavy atom. The predicted octanol–water partition coefficient (Wildman–Crippen LogP) is 3.28. The molecule has 14 heavy (non-hydrogen) atoms. The summed E-state index contributed by atoms with van der Waals surface area (Å²) in [5.41, 5.74) is 0. The first-order valence-electron chi connectivity index (χ1n) is 4.04. The van der Waals surface area contributed by atoms with Crippen molar-refractivity contribution < 1.29 is 0 Å². The number of aromatic nitrogens is 2. The van der Waals surface area contributed by atoms with Gasteiger partial charge in [-0.1, -0.05) is 23.4 Å². The molecule has 0 atom stereocenters. The molecule has 0 aliphatic carbocycles. The Morgan fingerprint density at radius 3 is 2.50 bits per heavy atom. The van der Waals surface area contributed by atoms with Crippen LogP contribution >= 0.6 is 23.4 Å². The van der Waals surface area contributed by atoms with E-state index in [1.54, 1.807) is 30.4 Å². The van der Waals surface area contributed by atoms with Crippen LogP contribution in [0.1, 0.15) is 0 Å². The van der Waals surface area contributed by atoms with Crippen LogP contribution in [0.15, 0.2) is 52.8 Å². The van der Waals surface area contributed by atoms with Crippen molar-refractivity contribution in [2.45, 2.75) is 9.92 Å². The summed E-state index contributed by atoms with van der Waals surface area (Å²) in [6.07, 6.45) is 5.17. The van der Waals surface area contributed by atoms with E-state index in [9.17, 15) is 0 Å². The molecular weight excluding hydrogens is 216 g/mol. The quantitative estimate of drug-likeness (QED) is 0.780. The normalized spacial score (nSPS) is 10.1. The minimum atomic E-state index is 0.657. The molecule has 0 N–H and O–H groups in total. The van der Waals surface area contributed by atoms with Crippen LogP contribution in [0, 0.1) is 0 Å². The van der Waals surface area contributed by atoms with Crippen molar-refractivity contribution in [2.24, 2.45) is 0 Å². The van der Waals surface area contributed by atoms with Crippen molar-refractivity contribution in [3.05, 3.63) is 47.9 Å². The first-order chi connectivity index (χ1) is 6.84. The Balaban J connectivity index is 2.16. The molecular formula is C10H7ClN2S. The van der Waals surface area contributed by atoms with Gasteiger partial charge in [-0.2, -0.15) is 0 Å². The maximum absolute atomic E-state index is 5.73. The third-order valence-electron chi connectivity index (χ3n) is 1.57. The maximum atomic E-state index is 5.73. The van der Waals surface area contributed by atoms with Gasteiger partial charge in [0.25, 0.3) is 0 Å². The van der Waals surface area contributed by atoms with Gasteiger partial charge in [0.1, 0.15) is 5.03 Å². The average molecular weight is 223 g/mol. The van der Waals surface area contributed by atoms with Gasteiger partial charge < -0.3 is 0 Å². The van der Waals surface area contributed by atoms with Gasteiger partial charge >= 0.3 is 0 Å². The van der Waals surface area contributed by atoms with E-state index in [4.69, 9.17) is 11.6 Å².